The molecule has 6 nitrogen and oxygen atoms in total. The highest BCUT2D eigenvalue weighted by Crippen LogP contribution is 2.27. The van der Waals surface area contributed by atoms with Crippen molar-refractivity contribution in [3.05, 3.63) is 53.6 Å². The van der Waals surface area contributed by atoms with Gasteiger partial charge in [0, 0.05) is 12.2 Å². The van der Waals surface area contributed by atoms with Crippen molar-refractivity contribution in [3.63, 3.8) is 0 Å². The Bertz CT molecular complexity index is 820. The lowest BCUT2D eigenvalue weighted by molar-refractivity contribution is -0.136. The lowest BCUT2D eigenvalue weighted by Crippen LogP contribution is -2.41. The molecular weight excluding hydrogens is 356 g/mol. The van der Waals surface area contributed by atoms with Crippen LogP contribution in [0.25, 0.3) is 0 Å². The van der Waals surface area contributed by atoms with Crippen molar-refractivity contribution in [2.24, 2.45) is 0 Å². The predicted molar refractivity (Wildman–Crippen MR) is 110 cm³/mol. The summed E-state index contributed by atoms with van der Waals surface area (Å²) in [7, 11) is 1.56. The van der Waals surface area contributed by atoms with E-state index in [1.54, 1.807) is 13.2 Å². The maximum absolute atomic E-state index is 12.6. The number of hydrogen-bond donors (Lipinski definition) is 1. The van der Waals surface area contributed by atoms with E-state index in [9.17, 15) is 9.59 Å². The van der Waals surface area contributed by atoms with Crippen LogP contribution >= 0.6 is 0 Å². The molecule has 0 aliphatic carbocycles. The Morgan fingerprint density at radius 2 is 1.82 bits per heavy atom. The van der Waals surface area contributed by atoms with Crippen LogP contribution < -0.4 is 14.8 Å². The summed E-state index contributed by atoms with van der Waals surface area (Å²) in [6.45, 7) is 6.14. The standard InChI is InChI=1S/C22H28N2O4/c1-5-12-24(14-21(25)23-18-9-7-6-8-17(18)3)22(26)15-28-19-11-10-16(2)13-20(19)27-4/h6-11,13H,5,12,14-15H2,1-4H3,(H,23,25). The number of hydrogen-bond acceptors (Lipinski definition) is 4. The van der Waals surface area contributed by atoms with Crippen LogP contribution in [-0.4, -0.2) is 43.5 Å². The molecule has 2 amide bonds. The number of nitrogens with one attached hydrogen (secondary N) is 1. The summed E-state index contributed by atoms with van der Waals surface area (Å²) < 4.78 is 10.9. The third-order valence-electron chi connectivity index (χ3n) is 4.27. The first-order valence-electron chi connectivity index (χ1n) is 9.35. The van der Waals surface area contributed by atoms with Gasteiger partial charge < -0.3 is 19.7 Å². The molecule has 6 heteroatoms. The van der Waals surface area contributed by atoms with Crippen LogP contribution in [0.2, 0.25) is 0 Å². The van der Waals surface area contributed by atoms with Gasteiger partial charge in [0.15, 0.2) is 18.1 Å². The second-order valence-corrected chi connectivity index (χ2v) is 6.62. The molecule has 0 heterocycles. The summed E-state index contributed by atoms with van der Waals surface area (Å²) in [5.41, 5.74) is 2.76. The summed E-state index contributed by atoms with van der Waals surface area (Å²) >= 11 is 0. The molecule has 2 rings (SSSR count). The number of anilines is 1. The number of carbonyl (C=O) groups excluding carboxylic acids is 2. The van der Waals surface area contributed by atoms with Crippen LogP contribution in [0.15, 0.2) is 42.5 Å². The smallest absolute Gasteiger partial charge is 0.260 e. The van der Waals surface area contributed by atoms with Gasteiger partial charge in [-0.15, -0.1) is 0 Å². The first kappa shape index (κ1) is 21.3. The van der Waals surface area contributed by atoms with Crippen molar-refractivity contribution >= 4 is 17.5 Å². The quantitative estimate of drug-likeness (QED) is 0.718. The van der Waals surface area contributed by atoms with Crippen LogP contribution in [0.5, 0.6) is 11.5 Å². The van der Waals surface area contributed by atoms with Crippen molar-refractivity contribution in [3.8, 4) is 11.5 Å². The fraction of sp³-hybridized carbons (Fsp3) is 0.364. The zero-order chi connectivity index (χ0) is 20.5. The topological polar surface area (TPSA) is 67.9 Å². The molecule has 1 N–H and O–H groups in total. The number of para-hydroxylation sites is 1. The van der Waals surface area contributed by atoms with E-state index in [0.29, 0.717) is 18.0 Å². The van der Waals surface area contributed by atoms with E-state index < -0.39 is 0 Å². The van der Waals surface area contributed by atoms with E-state index in [-0.39, 0.29) is 25.0 Å². The molecule has 0 saturated heterocycles. The molecule has 0 radical (unpaired) electrons. The van der Waals surface area contributed by atoms with Crippen molar-refractivity contribution in [2.45, 2.75) is 27.2 Å². The second kappa shape index (κ2) is 10.3. The van der Waals surface area contributed by atoms with Gasteiger partial charge in [0.05, 0.1) is 13.7 Å². The van der Waals surface area contributed by atoms with E-state index in [4.69, 9.17) is 9.47 Å². The third-order valence-corrected chi connectivity index (χ3v) is 4.27. The SMILES string of the molecule is CCCN(CC(=O)Nc1ccccc1C)C(=O)COc1ccc(C)cc1OC. The summed E-state index contributed by atoms with van der Waals surface area (Å²) in [5.74, 6) is 0.600. The van der Waals surface area contributed by atoms with Gasteiger partial charge in [0.1, 0.15) is 0 Å². The largest absolute Gasteiger partial charge is 0.493 e. The Kier molecular flexibility index (Phi) is 7.87. The number of aryl methyl sites for hydroxylation is 2. The Balaban J connectivity index is 1.97. The van der Waals surface area contributed by atoms with Gasteiger partial charge in [-0.25, -0.2) is 0 Å². The Morgan fingerprint density at radius 3 is 2.50 bits per heavy atom. The molecule has 2 aromatic carbocycles. The molecule has 0 bridgehead atoms. The minimum absolute atomic E-state index is 0.0185. The van der Waals surface area contributed by atoms with Gasteiger partial charge in [-0.1, -0.05) is 31.2 Å². The molecule has 0 fully saturated rings. The van der Waals surface area contributed by atoms with Crippen molar-refractivity contribution < 1.29 is 19.1 Å². The molecule has 0 atom stereocenters. The minimum Gasteiger partial charge on any atom is -0.493 e. The van der Waals surface area contributed by atoms with Crippen LogP contribution in [0.3, 0.4) is 0 Å². The van der Waals surface area contributed by atoms with Crippen molar-refractivity contribution in [1.82, 2.24) is 4.90 Å². The van der Waals surface area contributed by atoms with Gasteiger partial charge >= 0.3 is 0 Å². The lowest BCUT2D eigenvalue weighted by Gasteiger charge is -2.22. The third kappa shape index (κ3) is 6.01. The highest BCUT2D eigenvalue weighted by Gasteiger charge is 2.18. The zero-order valence-corrected chi connectivity index (χ0v) is 17.0. The molecule has 150 valence electrons. The molecule has 28 heavy (non-hydrogen) atoms. The van der Waals surface area contributed by atoms with Gasteiger partial charge in [-0.2, -0.15) is 0 Å². The molecule has 0 aliphatic heterocycles. The highest BCUT2D eigenvalue weighted by molar-refractivity contribution is 5.95. The fourth-order valence-electron chi connectivity index (χ4n) is 2.76. The first-order valence-corrected chi connectivity index (χ1v) is 9.35. The summed E-state index contributed by atoms with van der Waals surface area (Å²) in [6.07, 6.45) is 0.747. The normalized spacial score (nSPS) is 10.3. The maximum atomic E-state index is 12.6. The van der Waals surface area contributed by atoms with Crippen molar-refractivity contribution in [1.29, 1.82) is 0 Å². The molecular formula is C22H28N2O4. The molecule has 0 aromatic heterocycles. The number of amides is 2. The van der Waals surface area contributed by atoms with E-state index in [1.165, 1.54) is 4.90 Å². The van der Waals surface area contributed by atoms with Gasteiger partial charge in [0.2, 0.25) is 5.91 Å². The van der Waals surface area contributed by atoms with Gasteiger partial charge in [-0.3, -0.25) is 9.59 Å². The fourth-order valence-corrected chi connectivity index (χ4v) is 2.76. The van der Waals surface area contributed by atoms with E-state index in [0.717, 1.165) is 23.2 Å². The number of methoxy groups -OCH3 is 1. The Labute approximate surface area is 166 Å². The maximum Gasteiger partial charge on any atom is 0.260 e. The number of benzene rings is 2. The molecule has 0 spiro atoms. The number of rotatable bonds is 9. The average molecular weight is 384 g/mol. The predicted octanol–water partition coefficient (Wildman–Crippen LogP) is 3.57. The van der Waals surface area contributed by atoms with E-state index >= 15 is 0 Å². The molecule has 0 unspecified atom stereocenters. The summed E-state index contributed by atoms with van der Waals surface area (Å²) in [6, 6.07) is 13.0. The highest BCUT2D eigenvalue weighted by atomic mass is 16.5. The van der Waals surface area contributed by atoms with Crippen LogP contribution in [0, 0.1) is 13.8 Å². The summed E-state index contributed by atoms with van der Waals surface area (Å²) in [5, 5.41) is 2.86. The van der Waals surface area contributed by atoms with Crippen LogP contribution in [0.4, 0.5) is 5.69 Å². The molecule has 2 aromatic rings. The Morgan fingerprint density at radius 1 is 1.07 bits per heavy atom. The number of carbonyl (C=O) groups is 2. The van der Waals surface area contributed by atoms with Gasteiger partial charge in [-0.05, 0) is 49.6 Å². The van der Waals surface area contributed by atoms with E-state index in [2.05, 4.69) is 5.32 Å². The summed E-state index contributed by atoms with van der Waals surface area (Å²) in [4.78, 5) is 26.5. The Hall–Kier alpha value is -3.02. The van der Waals surface area contributed by atoms with Crippen LogP contribution in [-0.2, 0) is 9.59 Å². The zero-order valence-electron chi connectivity index (χ0n) is 17.0. The van der Waals surface area contributed by atoms with Gasteiger partial charge in [0.25, 0.3) is 5.91 Å². The molecule has 0 aliphatic rings. The first-order chi connectivity index (χ1) is 13.4. The van der Waals surface area contributed by atoms with E-state index in [1.807, 2.05) is 57.2 Å². The van der Waals surface area contributed by atoms with Crippen LogP contribution in [0.1, 0.15) is 24.5 Å². The van der Waals surface area contributed by atoms with Crippen molar-refractivity contribution in [2.75, 3.05) is 32.1 Å². The average Bonchev–Trinajstić information content (AvgIpc) is 2.68. The monoisotopic (exact) mass is 384 g/mol. The lowest BCUT2D eigenvalue weighted by atomic mass is 10.2. The minimum atomic E-state index is -0.246. The number of nitrogens with zero attached hydrogens (tertiary/aromatic N) is 1. The molecule has 0 saturated carbocycles. The number of ether oxygens (including phenoxy) is 2. The second-order valence-electron chi connectivity index (χ2n) is 6.62.